The van der Waals surface area contributed by atoms with E-state index in [1.807, 2.05) is 42.3 Å². The van der Waals surface area contributed by atoms with Crippen LogP contribution < -0.4 is 0 Å². The number of hydrogen-bond acceptors (Lipinski definition) is 5. The first-order chi connectivity index (χ1) is 10.8. The zero-order valence-corrected chi connectivity index (χ0v) is 13.8. The largest absolute Gasteiger partial charge is 0.387 e. The summed E-state index contributed by atoms with van der Waals surface area (Å²) < 4.78 is 1.38. The van der Waals surface area contributed by atoms with Gasteiger partial charge in [-0.1, -0.05) is 30.3 Å². The number of aromatic nitrogens is 2. The summed E-state index contributed by atoms with van der Waals surface area (Å²) in [4.78, 5) is 15.7. The van der Waals surface area contributed by atoms with Crippen LogP contribution in [0.1, 0.15) is 12.5 Å². The van der Waals surface area contributed by atoms with Crippen molar-refractivity contribution in [2.24, 2.45) is 0 Å². The zero-order chi connectivity index (χ0) is 17.0. The Hall–Kier alpha value is -1.96. The molecule has 0 aliphatic heterocycles. The Labute approximate surface area is 139 Å². The van der Waals surface area contributed by atoms with Crippen molar-refractivity contribution in [3.63, 3.8) is 0 Å². The van der Waals surface area contributed by atoms with Gasteiger partial charge in [0.1, 0.15) is 6.20 Å². The summed E-state index contributed by atoms with van der Waals surface area (Å²) in [6, 6.07) is 9.91. The van der Waals surface area contributed by atoms with Crippen LogP contribution in [0, 0.1) is 10.1 Å². The average Bonchev–Trinajstić information content (AvgIpc) is 2.80. The van der Waals surface area contributed by atoms with Gasteiger partial charge in [-0.25, -0.2) is 0 Å². The second kappa shape index (κ2) is 7.08. The third kappa shape index (κ3) is 5.02. The van der Waals surface area contributed by atoms with Crippen LogP contribution in [0.2, 0.25) is 5.28 Å². The molecule has 1 heterocycles. The number of rotatable bonds is 7. The van der Waals surface area contributed by atoms with Crippen molar-refractivity contribution < 1.29 is 10.0 Å². The van der Waals surface area contributed by atoms with Crippen LogP contribution in [0.4, 0.5) is 5.82 Å². The van der Waals surface area contributed by atoms with Crippen molar-refractivity contribution in [3.05, 3.63) is 57.5 Å². The van der Waals surface area contributed by atoms with Gasteiger partial charge in [0.15, 0.2) is 0 Å². The molecule has 2 rings (SSSR count). The molecule has 0 aliphatic carbocycles. The van der Waals surface area contributed by atoms with Crippen molar-refractivity contribution in [2.45, 2.75) is 25.6 Å². The van der Waals surface area contributed by atoms with Crippen LogP contribution >= 0.6 is 11.6 Å². The minimum absolute atomic E-state index is 0.0114. The summed E-state index contributed by atoms with van der Waals surface area (Å²) in [6.07, 6.45) is 1.23. The first-order valence-electron chi connectivity index (χ1n) is 7.09. The number of nitrogens with zero attached hydrogens (tertiary/aromatic N) is 4. The standard InChI is InChI=1S/C15H19ClN4O3/c1-15(21,10-18(2)8-12-6-4-3-5-7-12)11-19-9-13(20(22)23)17-14(19)16/h3-7,9,21H,8,10-11H2,1-2H3/t15-/m0/s1. The van der Waals surface area contributed by atoms with Crippen molar-refractivity contribution in [3.8, 4) is 0 Å². The molecular formula is C15H19ClN4O3. The summed E-state index contributed by atoms with van der Waals surface area (Å²) in [6.45, 7) is 2.85. The first kappa shape index (κ1) is 17.4. The molecule has 0 bridgehead atoms. The Kier molecular flexibility index (Phi) is 5.35. The highest BCUT2D eigenvalue weighted by Gasteiger charge is 2.27. The molecule has 0 amide bonds. The molecule has 8 heteroatoms. The van der Waals surface area contributed by atoms with Gasteiger partial charge in [0.05, 0.1) is 12.1 Å². The smallest absolute Gasteiger partial charge is 0.383 e. The molecule has 1 aromatic heterocycles. The predicted octanol–water partition coefficient (Wildman–Crippen LogP) is 2.33. The van der Waals surface area contributed by atoms with Crippen molar-refractivity contribution in [1.82, 2.24) is 14.5 Å². The number of hydrogen-bond donors (Lipinski definition) is 1. The number of imidazole rings is 1. The highest BCUT2D eigenvalue weighted by atomic mass is 35.5. The average molecular weight is 339 g/mol. The maximum atomic E-state index is 10.7. The van der Waals surface area contributed by atoms with Gasteiger partial charge >= 0.3 is 11.1 Å². The molecule has 1 N–H and O–H groups in total. The molecule has 1 aromatic carbocycles. The molecular weight excluding hydrogens is 320 g/mol. The Morgan fingerprint density at radius 3 is 2.65 bits per heavy atom. The summed E-state index contributed by atoms with van der Waals surface area (Å²) >= 11 is 5.88. The fraction of sp³-hybridized carbons (Fsp3) is 0.400. The minimum Gasteiger partial charge on any atom is -0.387 e. The lowest BCUT2D eigenvalue weighted by Crippen LogP contribution is -2.42. The maximum Gasteiger partial charge on any atom is 0.383 e. The molecule has 0 saturated carbocycles. The van der Waals surface area contributed by atoms with Gasteiger partial charge in [-0.05, 0) is 41.0 Å². The van der Waals surface area contributed by atoms with E-state index in [0.29, 0.717) is 13.1 Å². The van der Waals surface area contributed by atoms with Crippen molar-refractivity contribution in [1.29, 1.82) is 0 Å². The zero-order valence-electron chi connectivity index (χ0n) is 13.0. The Morgan fingerprint density at radius 2 is 2.09 bits per heavy atom. The van der Waals surface area contributed by atoms with Crippen LogP contribution in [0.5, 0.6) is 0 Å². The molecule has 0 unspecified atom stereocenters. The van der Waals surface area contributed by atoms with Gasteiger partial charge in [0, 0.05) is 13.1 Å². The molecule has 0 radical (unpaired) electrons. The van der Waals surface area contributed by atoms with E-state index in [1.165, 1.54) is 10.8 Å². The predicted molar refractivity (Wildman–Crippen MR) is 87.3 cm³/mol. The van der Waals surface area contributed by atoms with Gasteiger partial charge < -0.3 is 15.2 Å². The number of halogens is 1. The van der Waals surface area contributed by atoms with E-state index < -0.39 is 10.5 Å². The van der Waals surface area contributed by atoms with E-state index in [2.05, 4.69) is 4.98 Å². The van der Waals surface area contributed by atoms with Gasteiger partial charge in [0.25, 0.3) is 0 Å². The van der Waals surface area contributed by atoms with Crippen LogP contribution in [-0.4, -0.2) is 43.7 Å². The van der Waals surface area contributed by atoms with Crippen LogP contribution in [-0.2, 0) is 13.1 Å². The van der Waals surface area contributed by atoms with Gasteiger partial charge in [0.2, 0.25) is 0 Å². The Balaban J connectivity index is 1.99. The summed E-state index contributed by atoms with van der Waals surface area (Å²) in [5, 5.41) is 21.3. The van der Waals surface area contributed by atoms with Gasteiger partial charge in [-0.3, -0.25) is 9.47 Å². The van der Waals surface area contributed by atoms with Crippen LogP contribution in [0.3, 0.4) is 0 Å². The lowest BCUT2D eigenvalue weighted by Gasteiger charge is -2.29. The molecule has 0 saturated heterocycles. The van der Waals surface area contributed by atoms with Gasteiger partial charge in [-0.2, -0.15) is 0 Å². The lowest BCUT2D eigenvalue weighted by molar-refractivity contribution is -0.389. The molecule has 7 nitrogen and oxygen atoms in total. The Morgan fingerprint density at radius 1 is 1.43 bits per heavy atom. The van der Waals surface area contributed by atoms with Gasteiger partial charge in [-0.15, -0.1) is 0 Å². The number of aliphatic hydroxyl groups is 1. The molecule has 0 aliphatic rings. The van der Waals surface area contributed by atoms with Crippen molar-refractivity contribution in [2.75, 3.05) is 13.6 Å². The minimum atomic E-state index is -1.11. The van der Waals surface area contributed by atoms with E-state index in [9.17, 15) is 15.2 Å². The highest BCUT2D eigenvalue weighted by Crippen LogP contribution is 2.19. The molecule has 1 atom stereocenters. The quantitative estimate of drug-likeness (QED) is 0.618. The normalized spacial score (nSPS) is 14.0. The van der Waals surface area contributed by atoms with Crippen LogP contribution in [0.25, 0.3) is 0 Å². The fourth-order valence-electron chi connectivity index (χ4n) is 2.53. The molecule has 23 heavy (non-hydrogen) atoms. The monoisotopic (exact) mass is 338 g/mol. The second-order valence-electron chi connectivity index (χ2n) is 5.91. The van der Waals surface area contributed by atoms with E-state index in [4.69, 9.17) is 11.6 Å². The van der Waals surface area contributed by atoms with E-state index in [0.717, 1.165) is 5.56 Å². The van der Waals surface area contributed by atoms with E-state index in [1.54, 1.807) is 6.92 Å². The molecule has 0 fully saturated rings. The topological polar surface area (TPSA) is 84.4 Å². The SMILES string of the molecule is CN(Cc1ccccc1)C[C@](C)(O)Cn1cc([N+](=O)[O-])nc1Cl. The van der Waals surface area contributed by atoms with E-state index >= 15 is 0 Å². The summed E-state index contributed by atoms with van der Waals surface area (Å²) in [7, 11) is 1.90. The first-order valence-corrected chi connectivity index (χ1v) is 7.46. The summed E-state index contributed by atoms with van der Waals surface area (Å²) in [5.74, 6) is -0.330. The Bertz CT molecular complexity index is 673. The summed E-state index contributed by atoms with van der Waals surface area (Å²) in [5.41, 5.74) is 0.0314. The van der Waals surface area contributed by atoms with Crippen molar-refractivity contribution >= 4 is 17.4 Å². The number of benzene rings is 1. The fourth-order valence-corrected chi connectivity index (χ4v) is 2.72. The highest BCUT2D eigenvalue weighted by molar-refractivity contribution is 6.28. The molecule has 124 valence electrons. The van der Waals surface area contributed by atoms with E-state index in [-0.39, 0.29) is 17.6 Å². The lowest BCUT2D eigenvalue weighted by atomic mass is 10.1. The third-order valence-electron chi connectivity index (χ3n) is 3.32. The number of nitro groups is 1. The van der Waals surface area contributed by atoms with Crippen LogP contribution in [0.15, 0.2) is 36.5 Å². The number of likely N-dealkylation sites (N-methyl/N-ethyl adjacent to an activating group) is 1. The molecule has 2 aromatic rings. The second-order valence-corrected chi connectivity index (χ2v) is 6.25. The third-order valence-corrected chi connectivity index (χ3v) is 3.62. The molecule has 0 spiro atoms. The maximum absolute atomic E-state index is 10.7.